The number of nitrogens with two attached hydrogens (primary N) is 1. The molecule has 1 spiro atoms. The van der Waals surface area contributed by atoms with E-state index in [-0.39, 0.29) is 36.5 Å². The maximum absolute atomic E-state index is 13.2. The van der Waals surface area contributed by atoms with E-state index in [1.54, 1.807) is 14.2 Å². The summed E-state index contributed by atoms with van der Waals surface area (Å²) in [7, 11) is 3.32. The van der Waals surface area contributed by atoms with Gasteiger partial charge in [0, 0.05) is 43.3 Å². The molecule has 240 valence electrons. The summed E-state index contributed by atoms with van der Waals surface area (Å²) < 4.78 is 18.3. The minimum absolute atomic E-state index is 0.188. The number of benzene rings is 2. The van der Waals surface area contributed by atoms with Gasteiger partial charge in [-0.1, -0.05) is 30.7 Å². The number of anilines is 1. The van der Waals surface area contributed by atoms with Gasteiger partial charge in [-0.15, -0.1) is 0 Å². The van der Waals surface area contributed by atoms with Gasteiger partial charge in [0.2, 0.25) is 5.91 Å². The lowest BCUT2D eigenvalue weighted by molar-refractivity contribution is -0.122. The number of nitrogens with one attached hydrogen (secondary N) is 4. The van der Waals surface area contributed by atoms with Crippen molar-refractivity contribution in [2.75, 3.05) is 39.1 Å². The Labute approximate surface area is 264 Å². The minimum atomic E-state index is -0.683. The molecular formula is C34H44N6O5. The Bertz CT molecular complexity index is 1460. The van der Waals surface area contributed by atoms with E-state index in [0.717, 1.165) is 42.9 Å². The third-order valence-corrected chi connectivity index (χ3v) is 9.94. The predicted octanol–water partition coefficient (Wildman–Crippen LogP) is 3.88. The summed E-state index contributed by atoms with van der Waals surface area (Å²) in [6.45, 7) is 1.03. The number of guanidine groups is 1. The highest BCUT2D eigenvalue weighted by Gasteiger charge is 2.63. The third kappa shape index (κ3) is 5.93. The van der Waals surface area contributed by atoms with Crippen LogP contribution in [0.2, 0.25) is 0 Å². The molecule has 0 saturated heterocycles. The average Bonchev–Trinajstić information content (AvgIpc) is 3.38. The summed E-state index contributed by atoms with van der Waals surface area (Å²) in [5, 5.41) is 16.8. The molecule has 2 amide bonds. The normalized spacial score (nSPS) is 24.2. The molecule has 2 aromatic rings. The van der Waals surface area contributed by atoms with Crippen molar-refractivity contribution in [3.05, 3.63) is 65.4 Å². The molecule has 2 aromatic carbocycles. The lowest BCUT2D eigenvalue weighted by Crippen LogP contribution is -2.55. The van der Waals surface area contributed by atoms with E-state index in [1.165, 1.54) is 22.4 Å². The van der Waals surface area contributed by atoms with Gasteiger partial charge >= 0.3 is 6.09 Å². The second kappa shape index (κ2) is 13.0. The number of methoxy groups -OCH3 is 1. The second-order valence-corrected chi connectivity index (χ2v) is 12.6. The Kier molecular flexibility index (Phi) is 8.89. The molecule has 6 N–H and O–H groups in total. The first-order valence-corrected chi connectivity index (χ1v) is 16.0. The van der Waals surface area contributed by atoms with Crippen molar-refractivity contribution >= 4 is 23.6 Å². The van der Waals surface area contributed by atoms with E-state index >= 15 is 0 Å². The summed E-state index contributed by atoms with van der Waals surface area (Å²) in [5.74, 6) is 3.08. The number of hydrogen-bond donors (Lipinski definition) is 5. The van der Waals surface area contributed by atoms with Crippen molar-refractivity contribution < 1.29 is 23.8 Å². The van der Waals surface area contributed by atoms with Gasteiger partial charge in [0.1, 0.15) is 5.76 Å². The highest BCUT2D eigenvalue weighted by Crippen LogP contribution is 2.65. The summed E-state index contributed by atoms with van der Waals surface area (Å²) in [5.41, 5.74) is 9.32. The van der Waals surface area contributed by atoms with Crippen molar-refractivity contribution in [1.82, 2.24) is 15.5 Å². The molecule has 2 unspecified atom stereocenters. The molecule has 11 heteroatoms. The molecule has 4 aliphatic rings. The zero-order chi connectivity index (χ0) is 31.6. The van der Waals surface area contributed by atoms with Gasteiger partial charge in [-0.25, -0.2) is 4.79 Å². The smallest absolute Gasteiger partial charge is 0.414 e. The number of ether oxygens (including phenoxy) is 3. The number of para-hydroxylation sites is 1. The topological polar surface area (TPSA) is 151 Å². The number of nitrogens with zero attached hydrogens (tertiary/aromatic N) is 1. The largest absolute Gasteiger partial charge is 0.493 e. The van der Waals surface area contributed by atoms with Crippen molar-refractivity contribution in [3.63, 3.8) is 0 Å². The molecule has 5 atom stereocenters. The number of likely N-dealkylation sites (N-methyl/N-ethyl adjacent to an activating group) is 1. The molecule has 1 fully saturated rings. The van der Waals surface area contributed by atoms with Crippen molar-refractivity contribution in [3.8, 4) is 11.5 Å². The van der Waals surface area contributed by atoms with Crippen LogP contribution in [-0.2, 0) is 21.4 Å². The Morgan fingerprint density at radius 2 is 2.00 bits per heavy atom. The standard InChI is InChI=1S/C34H44N6O5/c1-40(19-18-37-31(41)25(35)11-7-17-38-32(36)39-23-9-4-3-5-10-23)33(42)44-27-15-13-24-21-8-6-16-34(24)28-22(20-21)12-14-26(43-2)29(28)45-30(27)34/h3-5,9-10,12,14-15,21,24-25,30H,6-8,11,13,16-20,35H2,1-2H3,(H,37,41)(H3,36,38,39)/t21-,24?,25+,30?,34+/m1/s1. The van der Waals surface area contributed by atoms with Gasteiger partial charge in [0.25, 0.3) is 0 Å². The third-order valence-electron chi connectivity index (χ3n) is 9.94. The Hall–Kier alpha value is -4.25. The first kappa shape index (κ1) is 30.8. The summed E-state index contributed by atoms with van der Waals surface area (Å²) in [6, 6.07) is 13.0. The zero-order valence-electron chi connectivity index (χ0n) is 26.1. The first-order valence-electron chi connectivity index (χ1n) is 16.0. The van der Waals surface area contributed by atoms with Gasteiger partial charge in [-0.05, 0) is 80.2 Å². The summed E-state index contributed by atoms with van der Waals surface area (Å²) in [4.78, 5) is 27.2. The fraction of sp³-hybridized carbons (Fsp3) is 0.500. The van der Waals surface area contributed by atoms with E-state index in [9.17, 15) is 9.59 Å². The van der Waals surface area contributed by atoms with E-state index < -0.39 is 12.1 Å². The van der Waals surface area contributed by atoms with Crippen LogP contribution in [0.1, 0.15) is 49.7 Å². The maximum atomic E-state index is 13.2. The molecule has 2 bridgehead atoms. The van der Waals surface area contributed by atoms with Crippen LogP contribution in [0.3, 0.4) is 0 Å². The summed E-state index contributed by atoms with van der Waals surface area (Å²) >= 11 is 0. The Balaban J connectivity index is 0.964. The number of hydrogen-bond acceptors (Lipinski definition) is 7. The van der Waals surface area contributed by atoms with Crippen LogP contribution in [0.5, 0.6) is 11.5 Å². The number of carbonyl (C=O) groups excluding carboxylic acids is 2. The van der Waals surface area contributed by atoms with Gasteiger partial charge < -0.3 is 40.8 Å². The molecular weight excluding hydrogens is 572 g/mol. The van der Waals surface area contributed by atoms with E-state index in [0.29, 0.717) is 37.0 Å². The fourth-order valence-corrected chi connectivity index (χ4v) is 7.83. The lowest BCUT2D eigenvalue weighted by atomic mass is 9.49. The van der Waals surface area contributed by atoms with Gasteiger partial charge in [-0.2, -0.15) is 0 Å². The van der Waals surface area contributed by atoms with Crippen LogP contribution >= 0.6 is 0 Å². The van der Waals surface area contributed by atoms with Crippen LogP contribution < -0.4 is 31.2 Å². The zero-order valence-corrected chi connectivity index (χ0v) is 26.1. The maximum Gasteiger partial charge on any atom is 0.414 e. The number of allylic oxidation sites excluding steroid dienone is 1. The van der Waals surface area contributed by atoms with E-state index in [1.807, 2.05) is 36.4 Å². The van der Waals surface area contributed by atoms with Crippen molar-refractivity contribution in [2.45, 2.75) is 62.5 Å². The van der Waals surface area contributed by atoms with Crippen LogP contribution in [-0.4, -0.2) is 68.8 Å². The van der Waals surface area contributed by atoms with Gasteiger partial charge in [-0.3, -0.25) is 10.2 Å². The number of amides is 2. The van der Waals surface area contributed by atoms with Crippen molar-refractivity contribution in [2.24, 2.45) is 17.6 Å². The van der Waals surface area contributed by atoms with Gasteiger partial charge in [0.05, 0.1) is 13.2 Å². The highest BCUT2D eigenvalue weighted by atomic mass is 16.6. The van der Waals surface area contributed by atoms with Crippen LogP contribution in [0.15, 0.2) is 54.3 Å². The quantitative estimate of drug-likeness (QED) is 0.145. The molecule has 11 nitrogen and oxygen atoms in total. The predicted molar refractivity (Wildman–Crippen MR) is 171 cm³/mol. The molecule has 45 heavy (non-hydrogen) atoms. The monoisotopic (exact) mass is 616 g/mol. The molecule has 0 radical (unpaired) electrons. The molecule has 1 heterocycles. The fourth-order valence-electron chi connectivity index (χ4n) is 7.83. The minimum Gasteiger partial charge on any atom is -0.493 e. The Morgan fingerprint density at radius 1 is 1.18 bits per heavy atom. The molecule has 0 aromatic heterocycles. The van der Waals surface area contributed by atoms with Crippen LogP contribution in [0.4, 0.5) is 10.5 Å². The van der Waals surface area contributed by atoms with Gasteiger partial charge in [0.15, 0.2) is 23.6 Å². The lowest BCUT2D eigenvalue weighted by Gasteiger charge is -2.53. The van der Waals surface area contributed by atoms with E-state index in [2.05, 4.69) is 28.1 Å². The van der Waals surface area contributed by atoms with Crippen molar-refractivity contribution in [1.29, 1.82) is 5.41 Å². The molecule has 3 aliphatic carbocycles. The second-order valence-electron chi connectivity index (χ2n) is 12.6. The first-order chi connectivity index (χ1) is 21.8. The molecule has 1 aliphatic heterocycles. The average molecular weight is 617 g/mol. The number of carbonyl (C=O) groups is 2. The Morgan fingerprint density at radius 3 is 2.80 bits per heavy atom. The molecule has 1 saturated carbocycles. The van der Waals surface area contributed by atoms with Crippen LogP contribution in [0, 0.1) is 17.2 Å². The number of rotatable bonds is 11. The SMILES string of the molecule is COc1ccc2c3c1OC1C(OC(=O)N(C)CCNC(=O)[C@@H](N)CCCNC(=N)Nc4ccccc4)=CCC4[C@H](CCC[C@]314)C2. The van der Waals surface area contributed by atoms with Crippen LogP contribution in [0.25, 0.3) is 0 Å². The van der Waals surface area contributed by atoms with E-state index in [4.69, 9.17) is 25.4 Å². The summed E-state index contributed by atoms with van der Waals surface area (Å²) in [6.07, 6.45) is 7.57. The highest BCUT2D eigenvalue weighted by molar-refractivity contribution is 5.91. The molecule has 6 rings (SSSR count).